The molecule has 0 aromatic heterocycles. The fourth-order valence-corrected chi connectivity index (χ4v) is 2.56. The van der Waals surface area contributed by atoms with Gasteiger partial charge >= 0.3 is 0 Å². The number of benzene rings is 1. The van der Waals surface area contributed by atoms with E-state index >= 15 is 0 Å². The first kappa shape index (κ1) is 12.8. The van der Waals surface area contributed by atoms with Crippen molar-refractivity contribution >= 4 is 0 Å². The molecule has 1 aromatic carbocycles. The third-order valence-corrected chi connectivity index (χ3v) is 3.71. The molecule has 1 fully saturated rings. The van der Waals surface area contributed by atoms with Gasteiger partial charge in [0.2, 0.25) is 0 Å². The molecule has 18 heavy (non-hydrogen) atoms. The van der Waals surface area contributed by atoms with Crippen molar-refractivity contribution in [3.8, 4) is 17.6 Å². The van der Waals surface area contributed by atoms with Gasteiger partial charge in [0, 0.05) is 6.42 Å². The van der Waals surface area contributed by atoms with Crippen LogP contribution in [0.25, 0.3) is 0 Å². The third kappa shape index (κ3) is 2.76. The summed E-state index contributed by atoms with van der Waals surface area (Å²) in [4.78, 5) is 0. The summed E-state index contributed by atoms with van der Waals surface area (Å²) in [5.41, 5.74) is -0.151. The van der Waals surface area contributed by atoms with Gasteiger partial charge < -0.3 is 9.47 Å². The molecule has 3 heteroatoms. The Morgan fingerprint density at radius 2 is 1.89 bits per heavy atom. The summed E-state index contributed by atoms with van der Waals surface area (Å²) in [7, 11) is 1.63. The van der Waals surface area contributed by atoms with E-state index in [-0.39, 0.29) is 5.41 Å². The zero-order valence-electron chi connectivity index (χ0n) is 10.8. The smallest absolute Gasteiger partial charge is 0.161 e. The number of hydrogen-bond acceptors (Lipinski definition) is 3. The largest absolute Gasteiger partial charge is 0.493 e. The predicted octanol–water partition coefficient (Wildman–Crippen LogP) is 3.55. The SMILES string of the molecule is COc1ccccc1OCCC1(C#N)CCCC1. The van der Waals surface area contributed by atoms with Crippen LogP contribution in [0.5, 0.6) is 11.5 Å². The van der Waals surface area contributed by atoms with Crippen molar-refractivity contribution < 1.29 is 9.47 Å². The van der Waals surface area contributed by atoms with Gasteiger partial charge in [-0.25, -0.2) is 0 Å². The second-order valence-corrected chi connectivity index (χ2v) is 4.85. The molecule has 0 unspecified atom stereocenters. The maximum absolute atomic E-state index is 9.28. The summed E-state index contributed by atoms with van der Waals surface area (Å²) in [5, 5.41) is 9.28. The Labute approximate surface area is 108 Å². The van der Waals surface area contributed by atoms with E-state index in [9.17, 15) is 5.26 Å². The van der Waals surface area contributed by atoms with Gasteiger partial charge in [-0.2, -0.15) is 5.26 Å². The highest BCUT2D eigenvalue weighted by Gasteiger charge is 2.33. The van der Waals surface area contributed by atoms with Gasteiger partial charge in [0.15, 0.2) is 11.5 Å². The summed E-state index contributed by atoms with van der Waals surface area (Å²) in [5.74, 6) is 1.50. The quantitative estimate of drug-likeness (QED) is 0.796. The molecule has 0 N–H and O–H groups in total. The highest BCUT2D eigenvalue weighted by Crippen LogP contribution is 2.40. The van der Waals surface area contributed by atoms with Gasteiger partial charge in [-0.1, -0.05) is 25.0 Å². The van der Waals surface area contributed by atoms with Crippen LogP contribution in [0.15, 0.2) is 24.3 Å². The predicted molar refractivity (Wildman–Crippen MR) is 69.6 cm³/mol. The molecule has 0 heterocycles. The van der Waals surface area contributed by atoms with Crippen LogP contribution < -0.4 is 9.47 Å². The minimum atomic E-state index is -0.151. The maximum atomic E-state index is 9.28. The summed E-state index contributed by atoms with van der Waals surface area (Å²) in [6.45, 7) is 0.577. The standard InChI is InChI=1S/C15H19NO2/c1-17-13-6-2-3-7-14(13)18-11-10-15(12-16)8-4-5-9-15/h2-3,6-7H,4-5,8-11H2,1H3. The van der Waals surface area contributed by atoms with Crippen molar-refractivity contribution in [1.29, 1.82) is 5.26 Å². The lowest BCUT2D eigenvalue weighted by molar-refractivity contribution is 0.236. The van der Waals surface area contributed by atoms with E-state index in [0.717, 1.165) is 30.8 Å². The van der Waals surface area contributed by atoms with E-state index in [1.807, 2.05) is 24.3 Å². The zero-order chi connectivity index (χ0) is 12.8. The normalized spacial score (nSPS) is 17.1. The van der Waals surface area contributed by atoms with Crippen molar-refractivity contribution in [2.45, 2.75) is 32.1 Å². The van der Waals surface area contributed by atoms with E-state index < -0.39 is 0 Å². The molecule has 1 saturated carbocycles. The summed E-state index contributed by atoms with van der Waals surface area (Å²) in [6, 6.07) is 10.1. The number of methoxy groups -OCH3 is 1. The van der Waals surface area contributed by atoms with Gasteiger partial charge in [0.25, 0.3) is 0 Å². The molecule has 0 bridgehead atoms. The lowest BCUT2D eigenvalue weighted by Gasteiger charge is -2.20. The lowest BCUT2D eigenvalue weighted by atomic mass is 9.85. The Morgan fingerprint density at radius 3 is 2.50 bits per heavy atom. The summed E-state index contributed by atoms with van der Waals surface area (Å²) in [6.07, 6.45) is 5.17. The molecule has 96 valence electrons. The van der Waals surface area contributed by atoms with Crippen LogP contribution in [-0.4, -0.2) is 13.7 Å². The van der Waals surface area contributed by atoms with E-state index in [2.05, 4.69) is 6.07 Å². The minimum Gasteiger partial charge on any atom is -0.493 e. The molecule has 0 radical (unpaired) electrons. The Bertz CT molecular complexity index is 430. The van der Waals surface area contributed by atoms with Crippen molar-refractivity contribution in [1.82, 2.24) is 0 Å². The first-order valence-electron chi connectivity index (χ1n) is 6.47. The molecule has 1 aromatic rings. The number of rotatable bonds is 5. The van der Waals surface area contributed by atoms with Crippen LogP contribution in [0.2, 0.25) is 0 Å². The molecule has 0 aliphatic heterocycles. The summed E-state index contributed by atoms with van der Waals surface area (Å²) < 4.78 is 11.0. The van der Waals surface area contributed by atoms with Crippen molar-refractivity contribution in [3.05, 3.63) is 24.3 Å². The Kier molecular flexibility index (Phi) is 4.09. The number of hydrogen-bond donors (Lipinski definition) is 0. The average Bonchev–Trinajstić information content (AvgIpc) is 2.89. The number of nitriles is 1. The van der Waals surface area contributed by atoms with Gasteiger partial charge in [-0.05, 0) is 25.0 Å². The number of ether oxygens (including phenoxy) is 2. The molecule has 1 aliphatic rings. The molecule has 0 spiro atoms. The topological polar surface area (TPSA) is 42.2 Å². The van der Waals surface area contributed by atoms with Crippen LogP contribution in [0, 0.1) is 16.7 Å². The molecule has 1 aliphatic carbocycles. The zero-order valence-corrected chi connectivity index (χ0v) is 10.8. The van der Waals surface area contributed by atoms with Crippen LogP contribution in [0.4, 0.5) is 0 Å². The second-order valence-electron chi connectivity index (χ2n) is 4.85. The first-order chi connectivity index (χ1) is 8.79. The molecule has 0 amide bonds. The van der Waals surface area contributed by atoms with Crippen LogP contribution in [0.1, 0.15) is 32.1 Å². The van der Waals surface area contributed by atoms with Crippen LogP contribution in [0.3, 0.4) is 0 Å². The Morgan fingerprint density at radius 1 is 1.22 bits per heavy atom. The minimum absolute atomic E-state index is 0.151. The van der Waals surface area contributed by atoms with E-state index in [0.29, 0.717) is 6.61 Å². The third-order valence-electron chi connectivity index (χ3n) is 3.71. The molecule has 3 nitrogen and oxygen atoms in total. The second kappa shape index (κ2) is 5.77. The van der Waals surface area contributed by atoms with Gasteiger partial charge in [-0.15, -0.1) is 0 Å². The van der Waals surface area contributed by atoms with Gasteiger partial charge in [-0.3, -0.25) is 0 Å². The maximum Gasteiger partial charge on any atom is 0.161 e. The fourth-order valence-electron chi connectivity index (χ4n) is 2.56. The van der Waals surface area contributed by atoms with Gasteiger partial charge in [0.1, 0.15) is 0 Å². The van der Waals surface area contributed by atoms with Crippen LogP contribution >= 0.6 is 0 Å². The van der Waals surface area contributed by atoms with Crippen molar-refractivity contribution in [3.63, 3.8) is 0 Å². The van der Waals surface area contributed by atoms with Crippen molar-refractivity contribution in [2.24, 2.45) is 5.41 Å². The fraction of sp³-hybridized carbons (Fsp3) is 0.533. The highest BCUT2D eigenvalue weighted by atomic mass is 16.5. The molecular weight excluding hydrogens is 226 g/mol. The Balaban J connectivity index is 1.90. The molecule has 0 atom stereocenters. The molecule has 0 saturated heterocycles. The summed E-state index contributed by atoms with van der Waals surface area (Å²) >= 11 is 0. The van der Waals surface area contributed by atoms with E-state index in [1.54, 1.807) is 7.11 Å². The lowest BCUT2D eigenvalue weighted by Crippen LogP contribution is -2.17. The Hall–Kier alpha value is -1.69. The van der Waals surface area contributed by atoms with Crippen molar-refractivity contribution in [2.75, 3.05) is 13.7 Å². The van der Waals surface area contributed by atoms with Crippen LogP contribution in [-0.2, 0) is 0 Å². The number of nitrogens with zero attached hydrogens (tertiary/aromatic N) is 1. The van der Waals surface area contributed by atoms with E-state index in [1.165, 1.54) is 12.8 Å². The van der Waals surface area contributed by atoms with Gasteiger partial charge in [0.05, 0.1) is 25.2 Å². The van der Waals surface area contributed by atoms with E-state index in [4.69, 9.17) is 9.47 Å². The molecule has 2 rings (SSSR count). The average molecular weight is 245 g/mol. The molecular formula is C15H19NO2. The first-order valence-corrected chi connectivity index (χ1v) is 6.47. The monoisotopic (exact) mass is 245 g/mol. The number of para-hydroxylation sites is 2. The highest BCUT2D eigenvalue weighted by molar-refractivity contribution is 5.39.